The molecule has 0 unspecified atom stereocenters. The number of nitrogens with two attached hydrogens (primary N) is 1. The van der Waals surface area contributed by atoms with Crippen LogP contribution >= 0.6 is 0 Å². The molecule has 1 aromatic carbocycles. The maximum atomic E-state index is 12.0. The molecule has 1 aromatic rings. The van der Waals surface area contributed by atoms with E-state index in [0.717, 1.165) is 0 Å². The first-order valence-corrected chi connectivity index (χ1v) is 7.73. The van der Waals surface area contributed by atoms with Crippen molar-refractivity contribution in [1.29, 1.82) is 5.41 Å². The van der Waals surface area contributed by atoms with Crippen molar-refractivity contribution >= 4 is 15.7 Å². The van der Waals surface area contributed by atoms with Crippen LogP contribution in [0.2, 0.25) is 0 Å². The van der Waals surface area contributed by atoms with Crippen LogP contribution in [0.1, 0.15) is 19.4 Å². The minimum absolute atomic E-state index is 0.0425. The molecule has 0 bridgehead atoms. The van der Waals surface area contributed by atoms with Crippen LogP contribution < -0.4 is 5.73 Å². The monoisotopic (exact) mass is 284 g/mol. The predicted octanol–water partition coefficient (Wildman–Crippen LogP) is 1.42. The van der Waals surface area contributed by atoms with Crippen LogP contribution in [0.3, 0.4) is 0 Å². The molecule has 0 spiro atoms. The molecule has 1 rings (SSSR count). The molecule has 0 aliphatic heterocycles. The van der Waals surface area contributed by atoms with Gasteiger partial charge in [0.15, 0.2) is 9.84 Å². The van der Waals surface area contributed by atoms with Crippen molar-refractivity contribution in [2.45, 2.75) is 18.7 Å². The lowest BCUT2D eigenvalue weighted by Gasteiger charge is -2.08. The fourth-order valence-corrected chi connectivity index (χ4v) is 2.57. The third kappa shape index (κ3) is 5.00. The van der Waals surface area contributed by atoms with Crippen LogP contribution in [0.15, 0.2) is 29.2 Å². The summed E-state index contributed by atoms with van der Waals surface area (Å²) in [4.78, 5) is 0.227. The second kappa shape index (κ2) is 6.68. The molecule has 0 saturated heterocycles. The lowest BCUT2D eigenvalue weighted by molar-refractivity contribution is 0.123. The molecule has 0 aliphatic carbocycles. The number of amidine groups is 1. The van der Waals surface area contributed by atoms with Gasteiger partial charge in [-0.25, -0.2) is 8.42 Å². The van der Waals surface area contributed by atoms with Gasteiger partial charge in [-0.2, -0.15) is 0 Å². The Morgan fingerprint density at radius 2 is 1.89 bits per heavy atom. The van der Waals surface area contributed by atoms with Gasteiger partial charge in [-0.15, -0.1) is 0 Å². The second-order valence-corrected chi connectivity index (χ2v) is 6.83. The minimum atomic E-state index is -3.34. The van der Waals surface area contributed by atoms with Gasteiger partial charge in [-0.05, 0) is 18.1 Å². The molecule has 0 saturated carbocycles. The fourth-order valence-electron chi connectivity index (χ4n) is 1.45. The van der Waals surface area contributed by atoms with Crippen LogP contribution in [0.4, 0.5) is 0 Å². The van der Waals surface area contributed by atoms with Crippen molar-refractivity contribution in [1.82, 2.24) is 0 Å². The molecule has 0 atom stereocenters. The summed E-state index contributed by atoms with van der Waals surface area (Å²) in [6, 6.07) is 6.00. The van der Waals surface area contributed by atoms with E-state index in [-0.39, 0.29) is 23.1 Å². The number of hydrogen-bond acceptors (Lipinski definition) is 4. The van der Waals surface area contributed by atoms with Gasteiger partial charge in [0.25, 0.3) is 0 Å². The Balaban J connectivity index is 2.64. The Kier molecular flexibility index (Phi) is 5.50. The fraction of sp³-hybridized carbons (Fsp3) is 0.462. The van der Waals surface area contributed by atoms with Gasteiger partial charge in [-0.1, -0.05) is 26.0 Å². The molecule has 6 heteroatoms. The zero-order valence-electron chi connectivity index (χ0n) is 11.2. The summed E-state index contributed by atoms with van der Waals surface area (Å²) in [6.07, 6.45) is 0. The van der Waals surface area contributed by atoms with Gasteiger partial charge < -0.3 is 10.5 Å². The topological polar surface area (TPSA) is 93.2 Å². The van der Waals surface area contributed by atoms with Crippen molar-refractivity contribution < 1.29 is 13.2 Å². The average Bonchev–Trinajstić information content (AvgIpc) is 2.34. The van der Waals surface area contributed by atoms with Crippen molar-refractivity contribution in [2.24, 2.45) is 11.7 Å². The van der Waals surface area contributed by atoms with Gasteiger partial charge in [0, 0.05) is 12.2 Å². The smallest absolute Gasteiger partial charge is 0.180 e. The Labute approximate surface area is 114 Å². The third-order valence-electron chi connectivity index (χ3n) is 2.47. The van der Waals surface area contributed by atoms with Crippen LogP contribution in [0, 0.1) is 11.3 Å². The first kappa shape index (κ1) is 15.7. The summed E-state index contributed by atoms with van der Waals surface area (Å²) < 4.78 is 29.3. The largest absolute Gasteiger partial charge is 0.384 e. The predicted molar refractivity (Wildman–Crippen MR) is 75.2 cm³/mol. The molecule has 3 N–H and O–H groups in total. The van der Waals surface area contributed by atoms with E-state index in [2.05, 4.69) is 0 Å². The highest BCUT2D eigenvalue weighted by Gasteiger charge is 2.14. The Morgan fingerprint density at radius 1 is 1.32 bits per heavy atom. The minimum Gasteiger partial charge on any atom is -0.384 e. The number of sulfone groups is 1. The quantitative estimate of drug-likeness (QED) is 0.450. The Morgan fingerprint density at radius 3 is 2.37 bits per heavy atom. The van der Waals surface area contributed by atoms with Gasteiger partial charge >= 0.3 is 0 Å². The standard InChI is InChI=1S/C13H20N2O3S/c1-10(2)9-18-7-8-19(16,17)12-5-3-11(4-6-12)13(14)15/h3-6,10H,7-9H2,1-2H3,(H3,14,15). The van der Waals surface area contributed by atoms with Gasteiger partial charge in [0.2, 0.25) is 0 Å². The maximum absolute atomic E-state index is 12.0. The summed E-state index contributed by atoms with van der Waals surface area (Å²) >= 11 is 0. The first-order chi connectivity index (χ1) is 8.83. The highest BCUT2D eigenvalue weighted by atomic mass is 32.2. The van der Waals surface area contributed by atoms with E-state index in [9.17, 15) is 8.42 Å². The lowest BCUT2D eigenvalue weighted by Crippen LogP contribution is -2.15. The number of nitrogens with one attached hydrogen (secondary N) is 1. The van der Waals surface area contributed by atoms with E-state index < -0.39 is 9.84 Å². The molecule has 0 radical (unpaired) electrons. The van der Waals surface area contributed by atoms with E-state index in [1.807, 2.05) is 13.8 Å². The molecule has 0 aromatic heterocycles. The zero-order valence-corrected chi connectivity index (χ0v) is 12.0. The van der Waals surface area contributed by atoms with Crippen molar-refractivity contribution in [3.05, 3.63) is 29.8 Å². The number of hydrogen-bond donors (Lipinski definition) is 2. The van der Waals surface area contributed by atoms with Gasteiger partial charge in [0.1, 0.15) is 5.84 Å². The SMILES string of the molecule is CC(C)COCCS(=O)(=O)c1ccc(C(=N)N)cc1. The van der Waals surface area contributed by atoms with Crippen molar-refractivity contribution in [3.63, 3.8) is 0 Å². The zero-order chi connectivity index (χ0) is 14.5. The van der Waals surface area contributed by atoms with Crippen LogP contribution in [0.25, 0.3) is 0 Å². The van der Waals surface area contributed by atoms with E-state index in [4.69, 9.17) is 15.9 Å². The average molecular weight is 284 g/mol. The van der Waals surface area contributed by atoms with E-state index >= 15 is 0 Å². The summed E-state index contributed by atoms with van der Waals surface area (Å²) in [6.45, 7) is 4.76. The van der Waals surface area contributed by atoms with Gasteiger partial charge in [-0.3, -0.25) is 5.41 Å². The lowest BCUT2D eigenvalue weighted by atomic mass is 10.2. The molecule has 0 aliphatic rings. The summed E-state index contributed by atoms with van der Waals surface area (Å²) in [5.74, 6) is 0.265. The molecular weight excluding hydrogens is 264 g/mol. The van der Waals surface area contributed by atoms with E-state index in [0.29, 0.717) is 18.1 Å². The number of rotatable bonds is 7. The third-order valence-corrected chi connectivity index (χ3v) is 4.17. The molecular formula is C13H20N2O3S. The summed E-state index contributed by atoms with van der Waals surface area (Å²) in [5.41, 5.74) is 5.82. The van der Waals surface area contributed by atoms with Crippen molar-refractivity contribution in [2.75, 3.05) is 19.0 Å². The molecule has 0 amide bonds. The number of nitrogen functional groups attached to an aromatic ring is 1. The highest BCUT2D eigenvalue weighted by Crippen LogP contribution is 2.12. The summed E-state index contributed by atoms with van der Waals surface area (Å²) in [5, 5.41) is 7.25. The Hall–Kier alpha value is -1.40. The summed E-state index contributed by atoms with van der Waals surface area (Å²) in [7, 11) is -3.34. The normalized spacial score (nSPS) is 11.7. The maximum Gasteiger partial charge on any atom is 0.180 e. The number of ether oxygens (including phenoxy) is 1. The van der Waals surface area contributed by atoms with Gasteiger partial charge in [0.05, 0.1) is 17.3 Å². The number of benzene rings is 1. The van der Waals surface area contributed by atoms with Crippen LogP contribution in [0.5, 0.6) is 0 Å². The molecule has 106 valence electrons. The Bertz CT molecular complexity index is 521. The molecule has 0 heterocycles. The first-order valence-electron chi connectivity index (χ1n) is 6.08. The molecule has 0 fully saturated rings. The van der Waals surface area contributed by atoms with Crippen LogP contribution in [-0.4, -0.2) is 33.2 Å². The highest BCUT2D eigenvalue weighted by molar-refractivity contribution is 7.91. The van der Waals surface area contributed by atoms with E-state index in [1.165, 1.54) is 24.3 Å². The molecule has 19 heavy (non-hydrogen) atoms. The van der Waals surface area contributed by atoms with E-state index in [1.54, 1.807) is 0 Å². The van der Waals surface area contributed by atoms with Crippen LogP contribution in [-0.2, 0) is 14.6 Å². The second-order valence-electron chi connectivity index (χ2n) is 4.73. The van der Waals surface area contributed by atoms with Crippen molar-refractivity contribution in [3.8, 4) is 0 Å². The molecule has 5 nitrogen and oxygen atoms in total.